The van der Waals surface area contributed by atoms with E-state index in [0.717, 1.165) is 16.9 Å². The van der Waals surface area contributed by atoms with Crippen LogP contribution in [-0.4, -0.2) is 12.8 Å². The van der Waals surface area contributed by atoms with Gasteiger partial charge in [0.2, 0.25) is 7.85 Å². The second-order valence-electron chi connectivity index (χ2n) is 2.70. The van der Waals surface area contributed by atoms with Gasteiger partial charge in [-0.1, -0.05) is 6.07 Å². The number of rotatable bonds is 0. The molecule has 2 nitrogen and oxygen atoms in total. The summed E-state index contributed by atoms with van der Waals surface area (Å²) in [4.78, 5) is 4.21. The van der Waals surface area contributed by atoms with E-state index in [-0.39, 0.29) is 0 Å². The maximum absolute atomic E-state index is 5.31. The zero-order valence-corrected chi connectivity index (χ0v) is 6.59. The Hall–Kier alpha value is -1.25. The number of hydrogen-bond donors (Lipinski definition) is 0. The Bertz CT molecular complexity index is 394. The monoisotopic (exact) mass is 145 g/mol. The van der Waals surface area contributed by atoms with Crippen molar-refractivity contribution in [2.75, 3.05) is 0 Å². The molecule has 54 valence electrons. The van der Waals surface area contributed by atoms with E-state index in [1.807, 2.05) is 33.0 Å². The number of nitrogens with zero attached hydrogens (tertiary/aromatic N) is 1. The molecule has 0 spiro atoms. The highest BCUT2D eigenvalue weighted by molar-refractivity contribution is 6.28. The topological polar surface area (TPSA) is 26.0 Å². The first kappa shape index (κ1) is 6.46. The van der Waals surface area contributed by atoms with Crippen LogP contribution in [0, 0.1) is 6.92 Å². The molecule has 0 radical (unpaired) electrons. The molecule has 0 aliphatic carbocycles. The minimum atomic E-state index is 0.727. The molecule has 3 heteroatoms. The lowest BCUT2D eigenvalue weighted by Gasteiger charge is -1.87. The van der Waals surface area contributed by atoms with Crippen molar-refractivity contribution in [2.24, 2.45) is 0 Å². The zero-order valence-electron chi connectivity index (χ0n) is 6.59. The van der Waals surface area contributed by atoms with Gasteiger partial charge >= 0.3 is 0 Å². The summed E-state index contributed by atoms with van der Waals surface area (Å²) in [6.07, 6.45) is 0. The second-order valence-corrected chi connectivity index (χ2v) is 2.70. The molecular formula is C8H8BNO. The Morgan fingerprint density at radius 3 is 3.09 bits per heavy atom. The normalized spacial score (nSPS) is 10.6. The Labute approximate surface area is 65.6 Å². The molecule has 0 fully saturated rings. The number of benzene rings is 1. The average molecular weight is 145 g/mol. The average Bonchev–Trinajstić information content (AvgIpc) is 2.27. The first-order valence-electron chi connectivity index (χ1n) is 3.59. The molecule has 0 aliphatic heterocycles. The summed E-state index contributed by atoms with van der Waals surface area (Å²) in [6, 6.07) is 5.99. The number of aromatic nitrogens is 1. The van der Waals surface area contributed by atoms with E-state index in [1.165, 1.54) is 5.56 Å². The van der Waals surface area contributed by atoms with Gasteiger partial charge in [-0.05, 0) is 24.6 Å². The molecular weight excluding hydrogens is 137 g/mol. The highest BCUT2D eigenvalue weighted by atomic mass is 16.3. The van der Waals surface area contributed by atoms with E-state index in [0.29, 0.717) is 0 Å². The summed E-state index contributed by atoms with van der Waals surface area (Å²) in [5, 5.41) is 0. The van der Waals surface area contributed by atoms with Crippen LogP contribution < -0.4 is 5.79 Å². The van der Waals surface area contributed by atoms with Crippen molar-refractivity contribution in [2.45, 2.75) is 6.92 Å². The number of aryl methyl sites for hydroxylation is 1. The summed E-state index contributed by atoms with van der Waals surface area (Å²) in [7, 11) is 1.86. The SMILES string of the molecule is Bc1nc2cc(C)ccc2o1. The summed E-state index contributed by atoms with van der Waals surface area (Å²) >= 11 is 0. The van der Waals surface area contributed by atoms with Gasteiger partial charge in [-0.15, -0.1) is 0 Å². The van der Waals surface area contributed by atoms with Crippen LogP contribution in [-0.2, 0) is 0 Å². The van der Waals surface area contributed by atoms with Crippen LogP contribution in [0.2, 0.25) is 0 Å². The smallest absolute Gasteiger partial charge is 0.212 e. The third-order valence-electron chi connectivity index (χ3n) is 1.65. The van der Waals surface area contributed by atoms with Crippen LogP contribution in [0.4, 0.5) is 0 Å². The van der Waals surface area contributed by atoms with Gasteiger partial charge in [0.1, 0.15) is 11.3 Å². The molecule has 2 rings (SSSR count). The summed E-state index contributed by atoms with van der Waals surface area (Å²) < 4.78 is 5.31. The van der Waals surface area contributed by atoms with Crippen LogP contribution in [0.15, 0.2) is 22.6 Å². The molecule has 0 aliphatic rings. The zero-order chi connectivity index (χ0) is 7.84. The molecule has 0 saturated carbocycles. The van der Waals surface area contributed by atoms with E-state index in [4.69, 9.17) is 4.42 Å². The largest absolute Gasteiger partial charge is 0.452 e. The van der Waals surface area contributed by atoms with Crippen LogP contribution in [0.1, 0.15) is 5.56 Å². The molecule has 2 aromatic rings. The lowest BCUT2D eigenvalue weighted by atomic mass is 10.2. The van der Waals surface area contributed by atoms with Crippen molar-refractivity contribution in [1.29, 1.82) is 0 Å². The summed E-state index contributed by atoms with van der Waals surface area (Å²) in [5.41, 5.74) is 3.03. The highest BCUT2D eigenvalue weighted by Crippen LogP contribution is 2.11. The van der Waals surface area contributed by atoms with Crippen molar-refractivity contribution in [3.63, 3.8) is 0 Å². The quantitative estimate of drug-likeness (QED) is 0.501. The van der Waals surface area contributed by atoms with E-state index in [2.05, 4.69) is 4.98 Å². The molecule has 1 heterocycles. The minimum Gasteiger partial charge on any atom is -0.452 e. The number of oxazole rings is 1. The Kier molecular flexibility index (Phi) is 1.25. The third kappa shape index (κ3) is 1.02. The Morgan fingerprint density at radius 1 is 1.45 bits per heavy atom. The lowest BCUT2D eigenvalue weighted by Crippen LogP contribution is -1.99. The minimum absolute atomic E-state index is 0.727. The van der Waals surface area contributed by atoms with E-state index in [9.17, 15) is 0 Å². The molecule has 0 amide bonds. The van der Waals surface area contributed by atoms with Crippen molar-refractivity contribution < 1.29 is 4.42 Å². The van der Waals surface area contributed by atoms with Crippen LogP contribution in [0.5, 0.6) is 0 Å². The first-order valence-corrected chi connectivity index (χ1v) is 3.59. The molecule has 0 saturated heterocycles. The molecule has 0 N–H and O–H groups in total. The maximum atomic E-state index is 5.31. The second kappa shape index (κ2) is 2.12. The molecule has 0 unspecified atom stereocenters. The van der Waals surface area contributed by atoms with Crippen molar-refractivity contribution in [1.82, 2.24) is 4.98 Å². The van der Waals surface area contributed by atoms with E-state index in [1.54, 1.807) is 0 Å². The van der Waals surface area contributed by atoms with Gasteiger partial charge < -0.3 is 4.42 Å². The van der Waals surface area contributed by atoms with Gasteiger partial charge in [-0.2, -0.15) is 0 Å². The van der Waals surface area contributed by atoms with Crippen LogP contribution in [0.25, 0.3) is 11.1 Å². The van der Waals surface area contributed by atoms with Crippen molar-refractivity contribution >= 4 is 24.7 Å². The van der Waals surface area contributed by atoms with Gasteiger partial charge in [-0.25, -0.2) is 4.98 Å². The first-order chi connectivity index (χ1) is 5.25. The maximum Gasteiger partial charge on any atom is 0.212 e. The molecule has 1 aromatic heterocycles. The Balaban J connectivity index is 2.82. The lowest BCUT2D eigenvalue weighted by molar-refractivity contribution is 0.644. The highest BCUT2D eigenvalue weighted by Gasteiger charge is 1.99. The number of fused-ring (bicyclic) bond motifs is 1. The van der Waals surface area contributed by atoms with Crippen molar-refractivity contribution in [3.8, 4) is 0 Å². The molecule has 11 heavy (non-hydrogen) atoms. The summed E-state index contributed by atoms with van der Waals surface area (Å²) in [5.74, 6) is 0.727. The fourth-order valence-electron chi connectivity index (χ4n) is 1.15. The van der Waals surface area contributed by atoms with Gasteiger partial charge in [0.25, 0.3) is 0 Å². The predicted molar refractivity (Wildman–Crippen MR) is 46.9 cm³/mol. The Morgan fingerprint density at radius 2 is 2.27 bits per heavy atom. The van der Waals surface area contributed by atoms with Gasteiger partial charge in [0.15, 0.2) is 5.58 Å². The van der Waals surface area contributed by atoms with E-state index < -0.39 is 0 Å². The molecule has 0 bridgehead atoms. The summed E-state index contributed by atoms with van der Waals surface area (Å²) in [6.45, 7) is 2.05. The van der Waals surface area contributed by atoms with Crippen molar-refractivity contribution in [3.05, 3.63) is 23.8 Å². The van der Waals surface area contributed by atoms with Crippen LogP contribution in [0.3, 0.4) is 0 Å². The molecule has 0 atom stereocenters. The predicted octanol–water partition coefficient (Wildman–Crippen LogP) is 0.395. The van der Waals surface area contributed by atoms with E-state index >= 15 is 0 Å². The standard InChI is InChI=1S/C8H8BNO/c1-5-2-3-7-6(4-5)10-8(9)11-7/h2-4H,9H2,1H3. The van der Waals surface area contributed by atoms with Gasteiger partial charge in [-0.3, -0.25) is 0 Å². The van der Waals surface area contributed by atoms with Gasteiger partial charge in [0, 0.05) is 0 Å². The van der Waals surface area contributed by atoms with Crippen LogP contribution >= 0.6 is 0 Å². The van der Waals surface area contributed by atoms with Gasteiger partial charge in [0.05, 0.1) is 0 Å². The number of hydrogen-bond acceptors (Lipinski definition) is 2. The fraction of sp³-hybridized carbons (Fsp3) is 0.125. The third-order valence-corrected chi connectivity index (χ3v) is 1.65. The molecule has 1 aromatic carbocycles. The fourth-order valence-corrected chi connectivity index (χ4v) is 1.15.